The first-order valence-electron chi connectivity index (χ1n) is 7.12. The SMILES string of the molecule is CC(C)NC(=O)c1ccc(NC(C)c2ccnn2C)cc1. The summed E-state index contributed by atoms with van der Waals surface area (Å²) in [6.45, 7) is 5.98. The average molecular weight is 286 g/mol. The molecule has 1 amide bonds. The first-order chi connectivity index (χ1) is 9.97. The van der Waals surface area contributed by atoms with Crippen molar-refractivity contribution in [3.63, 3.8) is 0 Å². The molecule has 2 N–H and O–H groups in total. The van der Waals surface area contributed by atoms with E-state index in [4.69, 9.17) is 0 Å². The minimum Gasteiger partial charge on any atom is -0.377 e. The zero-order chi connectivity index (χ0) is 15.4. The molecular formula is C16H22N4O. The molecule has 1 unspecified atom stereocenters. The maximum atomic E-state index is 11.9. The van der Waals surface area contributed by atoms with Gasteiger partial charge in [0, 0.05) is 30.5 Å². The van der Waals surface area contributed by atoms with E-state index in [1.165, 1.54) is 0 Å². The highest BCUT2D eigenvalue weighted by molar-refractivity contribution is 5.94. The Hall–Kier alpha value is -2.30. The van der Waals surface area contributed by atoms with Crippen molar-refractivity contribution in [3.8, 4) is 0 Å². The third-order valence-electron chi connectivity index (χ3n) is 3.25. The summed E-state index contributed by atoms with van der Waals surface area (Å²) in [5.74, 6) is -0.0452. The Morgan fingerprint density at radius 2 is 1.81 bits per heavy atom. The molecule has 0 bridgehead atoms. The van der Waals surface area contributed by atoms with Crippen LogP contribution < -0.4 is 10.6 Å². The molecule has 2 rings (SSSR count). The van der Waals surface area contributed by atoms with Crippen molar-refractivity contribution in [2.75, 3.05) is 5.32 Å². The van der Waals surface area contributed by atoms with Crippen molar-refractivity contribution in [3.05, 3.63) is 47.8 Å². The second-order valence-electron chi connectivity index (χ2n) is 5.45. The number of nitrogens with one attached hydrogen (secondary N) is 2. The number of hydrogen-bond acceptors (Lipinski definition) is 3. The van der Waals surface area contributed by atoms with E-state index >= 15 is 0 Å². The molecule has 5 heteroatoms. The lowest BCUT2D eigenvalue weighted by atomic mass is 10.1. The van der Waals surface area contributed by atoms with Crippen molar-refractivity contribution >= 4 is 11.6 Å². The fourth-order valence-corrected chi connectivity index (χ4v) is 2.20. The number of anilines is 1. The van der Waals surface area contributed by atoms with Gasteiger partial charge in [-0.3, -0.25) is 9.48 Å². The molecule has 0 spiro atoms. The predicted molar refractivity (Wildman–Crippen MR) is 84.3 cm³/mol. The van der Waals surface area contributed by atoms with Gasteiger partial charge in [-0.05, 0) is 51.1 Å². The van der Waals surface area contributed by atoms with Crippen LogP contribution in [0.1, 0.15) is 42.9 Å². The van der Waals surface area contributed by atoms with Crippen molar-refractivity contribution in [1.29, 1.82) is 0 Å². The quantitative estimate of drug-likeness (QED) is 0.888. The summed E-state index contributed by atoms with van der Waals surface area (Å²) in [6.07, 6.45) is 1.78. The summed E-state index contributed by atoms with van der Waals surface area (Å²) in [4.78, 5) is 11.9. The number of aromatic nitrogens is 2. The molecule has 1 atom stereocenters. The molecule has 2 aromatic rings. The molecule has 5 nitrogen and oxygen atoms in total. The van der Waals surface area contributed by atoms with Crippen LogP contribution >= 0.6 is 0 Å². The molecule has 1 aromatic heterocycles. The highest BCUT2D eigenvalue weighted by atomic mass is 16.1. The maximum absolute atomic E-state index is 11.9. The van der Waals surface area contributed by atoms with Crippen molar-refractivity contribution in [2.24, 2.45) is 7.05 Å². The van der Waals surface area contributed by atoms with Crippen LogP contribution in [0.2, 0.25) is 0 Å². The van der Waals surface area contributed by atoms with Gasteiger partial charge in [-0.2, -0.15) is 5.10 Å². The lowest BCUT2D eigenvalue weighted by Gasteiger charge is -2.16. The van der Waals surface area contributed by atoms with Crippen LogP contribution in [-0.2, 0) is 7.05 Å². The number of amides is 1. The second-order valence-corrected chi connectivity index (χ2v) is 5.45. The summed E-state index contributed by atoms with van der Waals surface area (Å²) in [5, 5.41) is 10.4. The highest BCUT2D eigenvalue weighted by Crippen LogP contribution is 2.18. The maximum Gasteiger partial charge on any atom is 0.251 e. The normalized spacial score (nSPS) is 12.2. The van der Waals surface area contributed by atoms with E-state index < -0.39 is 0 Å². The van der Waals surface area contributed by atoms with Gasteiger partial charge in [0.15, 0.2) is 0 Å². The first kappa shape index (κ1) is 15.1. The molecule has 0 aliphatic heterocycles. The van der Waals surface area contributed by atoms with Gasteiger partial charge in [-0.1, -0.05) is 0 Å². The number of hydrogen-bond donors (Lipinski definition) is 2. The van der Waals surface area contributed by atoms with Crippen LogP contribution in [0.4, 0.5) is 5.69 Å². The van der Waals surface area contributed by atoms with Crippen LogP contribution in [-0.4, -0.2) is 21.7 Å². The molecule has 0 fully saturated rings. The van der Waals surface area contributed by atoms with Gasteiger partial charge in [0.25, 0.3) is 5.91 Å². The molecule has 1 heterocycles. The van der Waals surface area contributed by atoms with E-state index in [1.54, 1.807) is 6.20 Å². The Labute approximate surface area is 125 Å². The van der Waals surface area contributed by atoms with E-state index in [9.17, 15) is 4.79 Å². The fourth-order valence-electron chi connectivity index (χ4n) is 2.20. The van der Waals surface area contributed by atoms with Gasteiger partial charge in [-0.25, -0.2) is 0 Å². The van der Waals surface area contributed by atoms with Gasteiger partial charge in [-0.15, -0.1) is 0 Å². The number of aryl methyl sites for hydroxylation is 1. The lowest BCUT2D eigenvalue weighted by Crippen LogP contribution is -2.29. The largest absolute Gasteiger partial charge is 0.377 e. The van der Waals surface area contributed by atoms with E-state index in [1.807, 2.05) is 55.9 Å². The minimum absolute atomic E-state index is 0.0452. The van der Waals surface area contributed by atoms with Gasteiger partial charge >= 0.3 is 0 Å². The topological polar surface area (TPSA) is 59.0 Å². The van der Waals surface area contributed by atoms with Crippen molar-refractivity contribution in [1.82, 2.24) is 15.1 Å². The van der Waals surface area contributed by atoms with E-state index in [-0.39, 0.29) is 18.0 Å². The number of benzene rings is 1. The van der Waals surface area contributed by atoms with Crippen molar-refractivity contribution < 1.29 is 4.79 Å². The molecular weight excluding hydrogens is 264 g/mol. The lowest BCUT2D eigenvalue weighted by molar-refractivity contribution is 0.0943. The van der Waals surface area contributed by atoms with Crippen LogP contribution in [0.3, 0.4) is 0 Å². The third kappa shape index (κ3) is 3.84. The summed E-state index contributed by atoms with van der Waals surface area (Å²) in [7, 11) is 1.92. The van der Waals surface area contributed by atoms with Crippen LogP contribution in [0.25, 0.3) is 0 Å². The summed E-state index contributed by atoms with van der Waals surface area (Å²) < 4.78 is 1.85. The predicted octanol–water partition coefficient (Wildman–Crippen LogP) is 2.73. The Bertz CT molecular complexity index is 601. The summed E-state index contributed by atoms with van der Waals surface area (Å²) >= 11 is 0. The van der Waals surface area contributed by atoms with Gasteiger partial charge in [0.05, 0.1) is 11.7 Å². The van der Waals surface area contributed by atoms with Gasteiger partial charge in [0.2, 0.25) is 0 Å². The average Bonchev–Trinajstić information content (AvgIpc) is 2.85. The second kappa shape index (κ2) is 6.43. The van der Waals surface area contributed by atoms with E-state index in [0.717, 1.165) is 11.4 Å². The van der Waals surface area contributed by atoms with E-state index in [0.29, 0.717) is 5.56 Å². The fraction of sp³-hybridized carbons (Fsp3) is 0.375. The Kier molecular flexibility index (Phi) is 4.62. The smallest absolute Gasteiger partial charge is 0.251 e. The van der Waals surface area contributed by atoms with Crippen LogP contribution in [0.5, 0.6) is 0 Å². The molecule has 1 aromatic carbocycles. The Morgan fingerprint density at radius 3 is 2.33 bits per heavy atom. The molecule has 0 aliphatic carbocycles. The van der Waals surface area contributed by atoms with E-state index in [2.05, 4.69) is 22.7 Å². The number of carbonyl (C=O) groups excluding carboxylic acids is 1. The number of rotatable bonds is 5. The van der Waals surface area contributed by atoms with Crippen LogP contribution in [0.15, 0.2) is 36.5 Å². The summed E-state index contributed by atoms with van der Waals surface area (Å²) in [6, 6.07) is 9.77. The third-order valence-corrected chi connectivity index (χ3v) is 3.25. The Morgan fingerprint density at radius 1 is 1.14 bits per heavy atom. The number of carbonyl (C=O) groups is 1. The van der Waals surface area contributed by atoms with Gasteiger partial charge < -0.3 is 10.6 Å². The monoisotopic (exact) mass is 286 g/mol. The van der Waals surface area contributed by atoms with Crippen LogP contribution in [0, 0.1) is 0 Å². The zero-order valence-electron chi connectivity index (χ0n) is 12.9. The first-order valence-corrected chi connectivity index (χ1v) is 7.12. The standard InChI is InChI=1S/C16H22N4O/c1-11(2)18-16(21)13-5-7-14(8-6-13)19-12(3)15-9-10-17-20(15)4/h5-12,19H,1-4H3,(H,18,21). The highest BCUT2D eigenvalue weighted by Gasteiger charge is 2.10. The molecule has 21 heavy (non-hydrogen) atoms. The number of nitrogens with zero attached hydrogens (tertiary/aromatic N) is 2. The molecule has 0 aliphatic rings. The summed E-state index contributed by atoms with van der Waals surface area (Å²) in [5.41, 5.74) is 2.75. The zero-order valence-corrected chi connectivity index (χ0v) is 12.9. The minimum atomic E-state index is -0.0452. The molecule has 0 saturated carbocycles. The molecule has 112 valence electrons. The molecule has 0 radical (unpaired) electrons. The Balaban J connectivity index is 2.03. The van der Waals surface area contributed by atoms with Gasteiger partial charge in [0.1, 0.15) is 0 Å². The molecule has 0 saturated heterocycles. The van der Waals surface area contributed by atoms with Crippen molar-refractivity contribution in [2.45, 2.75) is 32.9 Å².